The molecule has 0 aliphatic heterocycles. The quantitative estimate of drug-likeness (QED) is 0.151. The minimum Gasteiger partial charge on any atom is -0.256 e. The highest BCUT2D eigenvalue weighted by molar-refractivity contribution is 6.17. The zero-order chi connectivity index (χ0) is 65.6. The molecule has 24 heterocycles. The van der Waals surface area contributed by atoms with Gasteiger partial charge in [0.05, 0.1) is 33.1 Å². The average Bonchev–Trinajstić information content (AvgIpc) is 0.767. The molecule has 0 amide bonds. The Morgan fingerprint density at radius 1 is 0.167 bits per heavy atom. The lowest BCUT2D eigenvalue weighted by Gasteiger charge is -2.20. The maximum Gasteiger partial charge on any atom is 0.0717 e. The van der Waals surface area contributed by atoms with Crippen molar-refractivity contribution >= 4 is 162 Å². The first kappa shape index (κ1) is 59.7. The summed E-state index contributed by atoms with van der Waals surface area (Å²) in [5.41, 5.74) is 8.35. The molecule has 0 unspecified atom stereocenters. The number of benzene rings is 8. The van der Waals surface area contributed by atoms with Gasteiger partial charge in [0.15, 0.2) is 0 Å². The largest absolute Gasteiger partial charge is 0.256 e. The Morgan fingerprint density at radius 3 is 0.573 bits per heavy atom. The van der Waals surface area contributed by atoms with Crippen molar-refractivity contribution in [3.63, 3.8) is 0 Å². The molecule has 35 rings (SSSR count). The Balaban J connectivity index is 1.15. The highest BCUT2D eigenvalue weighted by Crippen LogP contribution is 2.38. The number of hydrogen-bond donors (Lipinski definition) is 0. The van der Waals surface area contributed by atoms with Crippen molar-refractivity contribution in [1.29, 1.82) is 0 Å². The van der Waals surface area contributed by atoms with Crippen molar-refractivity contribution in [3.8, 4) is 0 Å². The first-order valence-electron chi connectivity index (χ1n) is 33.2. The van der Waals surface area contributed by atoms with E-state index in [0.717, 1.165) is 162 Å². The molecule has 0 saturated heterocycles. The number of hydrogen-bond acceptors (Lipinski definition) is 6. The number of nitrogens with zero attached hydrogens (tertiary/aromatic N) is 6. The Bertz CT molecular complexity index is 5580. The summed E-state index contributed by atoms with van der Waals surface area (Å²) in [4.78, 5) is 31.8. The zero-order valence-electron chi connectivity index (χ0n) is 55.7. The SMILES string of the molecule is CC(C)(C)c1ccc2c3cc4cc(c3)c3ccc(C(C)(C)C)cc3c3ccc(cn3)c3ccc(cn3)c3ccccc3c3cc(cc(c3)c3ccccc3c3ccc(nc3)c3ccc(nc3)c3cc(C(C)(C)C)ccc43)c3ccccc3c3ccc(nc3)c3ccc(nc3)c2c1. The van der Waals surface area contributed by atoms with E-state index >= 15 is 0 Å². The van der Waals surface area contributed by atoms with E-state index in [1.165, 1.54) is 16.7 Å². The molecule has 0 spiro atoms. The number of pyridine rings is 6. The fourth-order valence-electron chi connectivity index (χ4n) is 13.9. The first-order valence-corrected chi connectivity index (χ1v) is 33.2. The second-order valence-corrected chi connectivity index (χ2v) is 28.9. The van der Waals surface area contributed by atoms with Gasteiger partial charge in [-0.05, 0) is 223 Å². The van der Waals surface area contributed by atoms with Crippen LogP contribution >= 0.6 is 0 Å². The van der Waals surface area contributed by atoms with Crippen molar-refractivity contribution in [2.45, 2.75) is 78.6 Å². The molecular weight excluding hydrogens is 1170 g/mol. The fraction of sp³-hybridized carbons (Fsp3) is 0.133. The molecule has 96 heavy (non-hydrogen) atoms. The van der Waals surface area contributed by atoms with Crippen molar-refractivity contribution in [1.82, 2.24) is 29.9 Å². The minimum atomic E-state index is -0.144. The Kier molecular flexibility index (Phi) is 14.5. The first-order chi connectivity index (χ1) is 46.4. The third-order valence-electron chi connectivity index (χ3n) is 19.4. The Hall–Kier alpha value is -11.3. The van der Waals surface area contributed by atoms with E-state index in [2.05, 4.69) is 299 Å². The van der Waals surface area contributed by atoms with E-state index in [0.29, 0.717) is 0 Å². The zero-order valence-corrected chi connectivity index (χ0v) is 55.7. The summed E-state index contributed by atoms with van der Waals surface area (Å²) >= 11 is 0. The van der Waals surface area contributed by atoms with Gasteiger partial charge in [-0.25, -0.2) is 0 Å². The topological polar surface area (TPSA) is 77.3 Å². The summed E-state index contributed by atoms with van der Waals surface area (Å²) in [6, 6.07) is 87.1. The molecule has 0 N–H and O–H groups in total. The molecular formula is C90H72N6. The van der Waals surface area contributed by atoms with Crippen LogP contribution in [0.5, 0.6) is 0 Å². The molecule has 24 aromatic heterocycles. The highest BCUT2D eigenvalue weighted by Gasteiger charge is 2.19. The number of rotatable bonds is 0. The van der Waals surface area contributed by atoms with Crippen LogP contribution < -0.4 is 0 Å². The molecule has 0 saturated carbocycles. The number of aromatic nitrogens is 6. The maximum atomic E-state index is 5.37. The van der Waals surface area contributed by atoms with Crippen LogP contribution in [0.4, 0.5) is 0 Å². The summed E-state index contributed by atoms with van der Waals surface area (Å²) in [5, 5.41) is 25.1. The molecule has 0 fully saturated rings. The average molecular weight is 1240 g/mol. The fourth-order valence-corrected chi connectivity index (χ4v) is 13.9. The molecule has 462 valence electrons. The van der Waals surface area contributed by atoms with Gasteiger partial charge >= 0.3 is 0 Å². The van der Waals surface area contributed by atoms with E-state index in [1.54, 1.807) is 0 Å². The second kappa shape index (κ2) is 23.3. The molecule has 0 radical (unpaired) electrons. The second-order valence-electron chi connectivity index (χ2n) is 28.9. The molecule has 18 bridgehead atoms. The van der Waals surface area contributed by atoms with E-state index in [-0.39, 0.29) is 16.2 Å². The van der Waals surface area contributed by atoms with Crippen LogP contribution in [-0.2, 0) is 16.2 Å². The van der Waals surface area contributed by atoms with Crippen LogP contribution in [0, 0.1) is 0 Å². The molecule has 6 heteroatoms. The lowest BCUT2D eigenvalue weighted by atomic mass is 9.85. The summed E-state index contributed by atoms with van der Waals surface area (Å²) in [6.07, 6.45) is 12.0. The van der Waals surface area contributed by atoms with Gasteiger partial charge in [0, 0.05) is 85.7 Å². The van der Waals surface area contributed by atoms with Crippen LogP contribution in [0.15, 0.2) is 274 Å². The molecule has 6 nitrogen and oxygen atoms in total. The highest BCUT2D eigenvalue weighted by atomic mass is 14.7. The van der Waals surface area contributed by atoms with Crippen LogP contribution in [-0.4, -0.2) is 29.9 Å². The maximum absolute atomic E-state index is 5.37. The van der Waals surface area contributed by atoms with E-state index in [9.17, 15) is 0 Å². The molecule has 0 atom stereocenters. The van der Waals surface area contributed by atoms with Crippen LogP contribution in [0.2, 0.25) is 0 Å². The van der Waals surface area contributed by atoms with Gasteiger partial charge in [0.1, 0.15) is 0 Å². The van der Waals surface area contributed by atoms with Crippen molar-refractivity contribution < 1.29 is 0 Å². The van der Waals surface area contributed by atoms with Gasteiger partial charge in [-0.15, -0.1) is 0 Å². The summed E-state index contributed by atoms with van der Waals surface area (Å²) in [7, 11) is 0. The van der Waals surface area contributed by atoms with Gasteiger partial charge in [0.25, 0.3) is 0 Å². The third kappa shape index (κ3) is 11.1. The summed E-state index contributed by atoms with van der Waals surface area (Å²) in [5.74, 6) is 0. The van der Waals surface area contributed by atoms with Crippen molar-refractivity contribution in [2.24, 2.45) is 0 Å². The standard InChI is InChI=1S/C90H72N6/c1-88(2,3)67-28-31-76-64-43-65-45-66(44-64)78-33-30-69(90(7,8)9)48-81(78)87-39-27-60(54-96-87)84-36-24-57(51-93-84)72-18-12-15-21-75(72)63-41-61(73-19-13-10-16-70(73)55-22-34-82(91-49-55)58-25-37-85(94-52-58)79(76)46-67)40-62(42-63)74-20-14-11-17-71(74)56-23-35-83(92-50-56)59-26-38-86(95-53-59)80-47-68(89(4,5)6)29-32-77(65)80/h10-54H,1-9H3. The predicted octanol–water partition coefficient (Wildman–Crippen LogP) is 24.3. The van der Waals surface area contributed by atoms with Crippen LogP contribution in [0.3, 0.4) is 0 Å². The van der Waals surface area contributed by atoms with Crippen LogP contribution in [0.25, 0.3) is 162 Å². The lowest BCUT2D eigenvalue weighted by Crippen LogP contribution is -2.10. The smallest absolute Gasteiger partial charge is 0.0717 e. The van der Waals surface area contributed by atoms with Gasteiger partial charge in [0.2, 0.25) is 0 Å². The van der Waals surface area contributed by atoms with E-state index in [1.807, 2.05) is 37.2 Å². The molecule has 0 aliphatic carbocycles. The van der Waals surface area contributed by atoms with Gasteiger partial charge < -0.3 is 0 Å². The minimum absolute atomic E-state index is 0.144. The third-order valence-corrected chi connectivity index (χ3v) is 19.4. The summed E-state index contributed by atoms with van der Waals surface area (Å²) < 4.78 is 0. The molecule has 0 aliphatic rings. The van der Waals surface area contributed by atoms with Gasteiger partial charge in [-0.1, -0.05) is 190 Å². The van der Waals surface area contributed by atoms with Crippen molar-refractivity contribution in [2.75, 3.05) is 0 Å². The Morgan fingerprint density at radius 2 is 0.365 bits per heavy atom. The van der Waals surface area contributed by atoms with E-state index in [4.69, 9.17) is 29.9 Å². The normalized spacial score (nSPS) is 12.2. The molecule has 11 aromatic carbocycles. The lowest BCUT2D eigenvalue weighted by molar-refractivity contribution is 0.591. The van der Waals surface area contributed by atoms with Crippen LogP contribution in [0.1, 0.15) is 79.0 Å². The monoisotopic (exact) mass is 1240 g/mol. The summed E-state index contributed by atoms with van der Waals surface area (Å²) in [6.45, 7) is 20.5. The van der Waals surface area contributed by atoms with Crippen molar-refractivity contribution in [3.05, 3.63) is 290 Å². The Labute approximate surface area is 558 Å². The van der Waals surface area contributed by atoms with Gasteiger partial charge in [-0.3, -0.25) is 29.9 Å². The van der Waals surface area contributed by atoms with E-state index < -0.39 is 0 Å². The van der Waals surface area contributed by atoms with Gasteiger partial charge in [-0.2, -0.15) is 0 Å². The molecule has 35 aromatic rings. The predicted molar refractivity (Wildman–Crippen MR) is 411 cm³/mol.